The molecule has 0 unspecified atom stereocenters. The van der Waals surface area contributed by atoms with Crippen molar-refractivity contribution < 1.29 is 17.9 Å². The summed E-state index contributed by atoms with van der Waals surface area (Å²) in [6.45, 7) is 5.47. The van der Waals surface area contributed by atoms with Gasteiger partial charge in [0.05, 0.1) is 11.4 Å². The van der Waals surface area contributed by atoms with Crippen LogP contribution in [-0.4, -0.2) is 44.9 Å². The average molecular weight is 431 g/mol. The number of carbonyl (C=O) groups is 1. The summed E-state index contributed by atoms with van der Waals surface area (Å²) in [6.07, 6.45) is 3.86. The van der Waals surface area contributed by atoms with Crippen LogP contribution in [0.2, 0.25) is 0 Å². The molecule has 0 aromatic heterocycles. The van der Waals surface area contributed by atoms with Crippen LogP contribution in [0.3, 0.4) is 0 Å². The molecule has 1 amide bonds. The van der Waals surface area contributed by atoms with Gasteiger partial charge in [0.2, 0.25) is 10.0 Å². The Morgan fingerprint density at radius 3 is 2.40 bits per heavy atom. The van der Waals surface area contributed by atoms with Crippen LogP contribution in [0.15, 0.2) is 47.4 Å². The summed E-state index contributed by atoms with van der Waals surface area (Å²) in [4.78, 5) is 12.8. The topological polar surface area (TPSA) is 75.7 Å². The van der Waals surface area contributed by atoms with Gasteiger partial charge in [-0.2, -0.15) is 4.31 Å². The molecule has 1 N–H and O–H groups in total. The molecule has 1 heterocycles. The van der Waals surface area contributed by atoms with E-state index in [4.69, 9.17) is 4.74 Å². The third-order valence-corrected chi connectivity index (χ3v) is 7.41. The first-order valence-electron chi connectivity index (χ1n) is 10.5. The van der Waals surface area contributed by atoms with Gasteiger partial charge < -0.3 is 10.1 Å². The third kappa shape index (κ3) is 5.40. The van der Waals surface area contributed by atoms with E-state index in [1.165, 1.54) is 6.07 Å². The Kier molecular flexibility index (Phi) is 7.50. The molecule has 3 rings (SSSR count). The summed E-state index contributed by atoms with van der Waals surface area (Å²) >= 11 is 0. The Bertz CT molecular complexity index is 980. The van der Waals surface area contributed by atoms with Crippen LogP contribution in [0.1, 0.15) is 47.2 Å². The van der Waals surface area contributed by atoms with E-state index >= 15 is 0 Å². The number of para-hydroxylation sites is 1. The van der Waals surface area contributed by atoms with Crippen molar-refractivity contribution in [1.29, 1.82) is 0 Å². The third-order valence-electron chi connectivity index (χ3n) is 5.37. The molecule has 1 saturated heterocycles. The van der Waals surface area contributed by atoms with Crippen molar-refractivity contribution in [2.24, 2.45) is 0 Å². The maximum absolute atomic E-state index is 13.2. The van der Waals surface area contributed by atoms with Crippen LogP contribution in [0, 0.1) is 13.8 Å². The summed E-state index contributed by atoms with van der Waals surface area (Å²) < 4.78 is 33.6. The van der Waals surface area contributed by atoms with E-state index in [2.05, 4.69) is 5.32 Å². The monoisotopic (exact) mass is 430 g/mol. The van der Waals surface area contributed by atoms with Gasteiger partial charge >= 0.3 is 0 Å². The van der Waals surface area contributed by atoms with Gasteiger partial charge in [-0.1, -0.05) is 37.1 Å². The molecule has 2 aromatic rings. The molecule has 6 nitrogen and oxygen atoms in total. The molecule has 0 aliphatic carbocycles. The van der Waals surface area contributed by atoms with Gasteiger partial charge in [0.25, 0.3) is 5.91 Å². The molecule has 0 saturated carbocycles. The van der Waals surface area contributed by atoms with Gasteiger partial charge in [0.1, 0.15) is 12.4 Å². The average Bonchev–Trinajstić information content (AvgIpc) is 3.02. The van der Waals surface area contributed by atoms with Crippen molar-refractivity contribution in [1.82, 2.24) is 9.62 Å². The lowest BCUT2D eigenvalue weighted by molar-refractivity contribution is 0.0946. The number of hydrogen-bond donors (Lipinski definition) is 1. The second kappa shape index (κ2) is 10.1. The molecule has 1 fully saturated rings. The van der Waals surface area contributed by atoms with Gasteiger partial charge in [0, 0.05) is 18.7 Å². The second-order valence-electron chi connectivity index (χ2n) is 7.67. The highest BCUT2D eigenvalue weighted by atomic mass is 32.2. The number of nitrogens with one attached hydrogen (secondary N) is 1. The highest BCUT2D eigenvalue weighted by molar-refractivity contribution is 7.89. The van der Waals surface area contributed by atoms with E-state index in [-0.39, 0.29) is 10.8 Å². The van der Waals surface area contributed by atoms with Crippen LogP contribution >= 0.6 is 0 Å². The second-order valence-corrected chi connectivity index (χ2v) is 9.57. The molecular formula is C23H30N2O4S. The fourth-order valence-electron chi connectivity index (χ4n) is 3.59. The van der Waals surface area contributed by atoms with Crippen molar-refractivity contribution in [3.63, 3.8) is 0 Å². The molecule has 0 bridgehead atoms. The number of benzene rings is 2. The fourth-order valence-corrected chi connectivity index (χ4v) is 5.35. The number of ether oxygens (including phenoxy) is 1. The molecule has 1 aliphatic rings. The molecule has 30 heavy (non-hydrogen) atoms. The Labute approximate surface area is 179 Å². The summed E-state index contributed by atoms with van der Waals surface area (Å²) in [5, 5.41) is 2.80. The first-order chi connectivity index (χ1) is 14.4. The predicted octanol–water partition coefficient (Wildman–Crippen LogP) is 3.68. The Morgan fingerprint density at radius 1 is 1.00 bits per heavy atom. The summed E-state index contributed by atoms with van der Waals surface area (Å²) in [5.74, 6) is 0.476. The highest BCUT2D eigenvalue weighted by Crippen LogP contribution is 2.24. The summed E-state index contributed by atoms with van der Waals surface area (Å²) in [5.41, 5.74) is 2.02. The fraction of sp³-hybridized carbons (Fsp3) is 0.435. The number of rotatable bonds is 7. The van der Waals surface area contributed by atoms with Crippen molar-refractivity contribution in [3.8, 4) is 5.75 Å². The predicted molar refractivity (Wildman–Crippen MR) is 117 cm³/mol. The highest BCUT2D eigenvalue weighted by Gasteiger charge is 2.27. The SMILES string of the molecule is Cc1ccccc1OCCNC(=O)c1ccc(C)c(S(=O)(=O)N2CCCCCC2)c1. The molecule has 162 valence electrons. The Balaban J connectivity index is 1.65. The molecule has 0 radical (unpaired) electrons. The minimum Gasteiger partial charge on any atom is -0.491 e. The number of nitrogens with zero attached hydrogens (tertiary/aromatic N) is 1. The van der Waals surface area contributed by atoms with E-state index < -0.39 is 10.0 Å². The number of aryl methyl sites for hydroxylation is 2. The summed E-state index contributed by atoms with van der Waals surface area (Å²) in [7, 11) is -3.61. The van der Waals surface area contributed by atoms with Crippen LogP contribution < -0.4 is 10.1 Å². The van der Waals surface area contributed by atoms with E-state index in [1.807, 2.05) is 31.2 Å². The first kappa shape index (κ1) is 22.3. The quantitative estimate of drug-likeness (QED) is 0.680. The van der Waals surface area contributed by atoms with Crippen molar-refractivity contribution in [2.75, 3.05) is 26.2 Å². The largest absolute Gasteiger partial charge is 0.491 e. The zero-order chi connectivity index (χ0) is 21.6. The lowest BCUT2D eigenvalue weighted by Gasteiger charge is -2.21. The van der Waals surface area contributed by atoms with Crippen molar-refractivity contribution in [3.05, 3.63) is 59.2 Å². The molecule has 0 atom stereocenters. The van der Waals surface area contributed by atoms with Gasteiger partial charge in [0.15, 0.2) is 0 Å². The lowest BCUT2D eigenvalue weighted by atomic mass is 10.1. The Morgan fingerprint density at radius 2 is 1.70 bits per heavy atom. The minimum atomic E-state index is -3.61. The zero-order valence-corrected chi connectivity index (χ0v) is 18.5. The zero-order valence-electron chi connectivity index (χ0n) is 17.7. The van der Waals surface area contributed by atoms with Gasteiger partial charge in [-0.05, 0) is 56.0 Å². The van der Waals surface area contributed by atoms with E-state index in [9.17, 15) is 13.2 Å². The summed E-state index contributed by atoms with van der Waals surface area (Å²) in [6, 6.07) is 12.5. The lowest BCUT2D eigenvalue weighted by Crippen LogP contribution is -2.33. The Hall–Kier alpha value is -2.38. The van der Waals surface area contributed by atoms with Crippen LogP contribution in [0.25, 0.3) is 0 Å². The van der Waals surface area contributed by atoms with Crippen LogP contribution in [0.5, 0.6) is 5.75 Å². The first-order valence-corrected chi connectivity index (χ1v) is 11.9. The van der Waals surface area contributed by atoms with Gasteiger partial charge in [-0.25, -0.2) is 8.42 Å². The minimum absolute atomic E-state index is 0.216. The molecule has 7 heteroatoms. The van der Waals surface area contributed by atoms with Crippen molar-refractivity contribution in [2.45, 2.75) is 44.4 Å². The number of sulfonamides is 1. The molecule has 1 aliphatic heterocycles. The van der Waals surface area contributed by atoms with Gasteiger partial charge in [-0.15, -0.1) is 0 Å². The maximum atomic E-state index is 13.2. The van der Waals surface area contributed by atoms with Gasteiger partial charge in [-0.3, -0.25) is 4.79 Å². The molecular weight excluding hydrogens is 400 g/mol. The molecule has 0 spiro atoms. The van der Waals surface area contributed by atoms with E-state index in [1.54, 1.807) is 23.4 Å². The maximum Gasteiger partial charge on any atom is 0.251 e. The van der Waals surface area contributed by atoms with E-state index in [0.717, 1.165) is 37.0 Å². The number of carbonyl (C=O) groups excluding carboxylic acids is 1. The van der Waals surface area contributed by atoms with Crippen LogP contribution in [0.4, 0.5) is 0 Å². The normalized spacial score (nSPS) is 15.4. The molecule has 2 aromatic carbocycles. The smallest absolute Gasteiger partial charge is 0.251 e. The van der Waals surface area contributed by atoms with Crippen molar-refractivity contribution >= 4 is 15.9 Å². The van der Waals surface area contributed by atoms with Crippen LogP contribution in [-0.2, 0) is 10.0 Å². The standard InChI is InChI=1S/C23H30N2O4S/c1-18-9-5-6-10-21(18)29-16-13-24-23(26)20-12-11-19(2)22(17-20)30(27,28)25-14-7-3-4-8-15-25/h5-6,9-12,17H,3-4,7-8,13-16H2,1-2H3,(H,24,26). The number of amides is 1. The number of hydrogen-bond acceptors (Lipinski definition) is 4. The van der Waals surface area contributed by atoms with E-state index in [0.29, 0.717) is 37.4 Å².